The van der Waals surface area contributed by atoms with Crippen molar-refractivity contribution in [1.29, 1.82) is 0 Å². The largest absolute Gasteiger partial charge is 0.437 e. The zero-order valence-corrected chi connectivity index (χ0v) is 18.4. The first-order chi connectivity index (χ1) is 14.4. The third-order valence-corrected chi connectivity index (χ3v) is 5.12. The highest BCUT2D eigenvalue weighted by Crippen LogP contribution is 2.34. The van der Waals surface area contributed by atoms with Crippen molar-refractivity contribution in [2.45, 2.75) is 6.92 Å². The van der Waals surface area contributed by atoms with Crippen LogP contribution in [0, 0.1) is 18.6 Å². The molecule has 0 radical (unpaired) electrons. The number of rotatable bonds is 5. The highest BCUT2D eigenvalue weighted by molar-refractivity contribution is 7.89. The van der Waals surface area contributed by atoms with Crippen molar-refractivity contribution in [2.75, 3.05) is 6.26 Å². The molecule has 3 aromatic rings. The zero-order chi connectivity index (χ0) is 22.9. The standard InChI is InChI=1S/C20H14Cl2F2N2O4S/c1-10-3-4-12(21)6-18(10)30-20-15(22)5-11(9-25-20)13-7-17(24)14(8-16(13)23)19(27)26-31(2,28)29/h3-9H,1-2H3,(H,26,27). The average Bonchev–Trinajstić information content (AvgIpc) is 2.66. The maximum Gasteiger partial charge on any atom is 0.267 e. The van der Waals surface area contributed by atoms with Crippen molar-refractivity contribution in [3.63, 3.8) is 0 Å². The van der Waals surface area contributed by atoms with Crippen LogP contribution in [0.1, 0.15) is 15.9 Å². The number of halogens is 4. The van der Waals surface area contributed by atoms with Crippen LogP contribution in [0.15, 0.2) is 42.6 Å². The maximum absolute atomic E-state index is 14.6. The monoisotopic (exact) mass is 486 g/mol. The molecule has 0 aliphatic rings. The van der Waals surface area contributed by atoms with Gasteiger partial charge in [0.2, 0.25) is 15.9 Å². The number of amides is 1. The fourth-order valence-corrected chi connectivity index (χ4v) is 3.41. The molecule has 1 N–H and O–H groups in total. The van der Waals surface area contributed by atoms with Crippen LogP contribution < -0.4 is 9.46 Å². The van der Waals surface area contributed by atoms with Gasteiger partial charge in [-0.3, -0.25) is 4.79 Å². The predicted molar refractivity (Wildman–Crippen MR) is 113 cm³/mol. The van der Waals surface area contributed by atoms with Gasteiger partial charge in [-0.05, 0) is 42.8 Å². The summed E-state index contributed by atoms with van der Waals surface area (Å²) in [5.74, 6) is -2.93. The van der Waals surface area contributed by atoms with Gasteiger partial charge >= 0.3 is 0 Å². The Balaban J connectivity index is 1.93. The Labute approximate surface area is 186 Å². The molecule has 0 saturated carbocycles. The van der Waals surface area contributed by atoms with Crippen LogP contribution in [0.4, 0.5) is 8.78 Å². The van der Waals surface area contributed by atoms with Gasteiger partial charge in [0.25, 0.3) is 5.91 Å². The lowest BCUT2D eigenvalue weighted by Crippen LogP contribution is -2.30. The number of aromatic nitrogens is 1. The van der Waals surface area contributed by atoms with Gasteiger partial charge in [0, 0.05) is 22.3 Å². The lowest BCUT2D eigenvalue weighted by molar-refractivity contribution is 0.0977. The Morgan fingerprint density at radius 3 is 2.45 bits per heavy atom. The molecule has 0 fully saturated rings. The van der Waals surface area contributed by atoms with Crippen molar-refractivity contribution in [1.82, 2.24) is 9.71 Å². The van der Waals surface area contributed by atoms with E-state index in [9.17, 15) is 22.0 Å². The van der Waals surface area contributed by atoms with Crippen LogP contribution >= 0.6 is 23.2 Å². The van der Waals surface area contributed by atoms with E-state index in [2.05, 4.69) is 4.98 Å². The Morgan fingerprint density at radius 2 is 1.81 bits per heavy atom. The van der Waals surface area contributed by atoms with Gasteiger partial charge < -0.3 is 4.74 Å². The Hall–Kier alpha value is -2.75. The summed E-state index contributed by atoms with van der Waals surface area (Å²) in [6, 6.07) is 7.69. The third kappa shape index (κ3) is 5.49. The van der Waals surface area contributed by atoms with Crippen LogP contribution in [-0.2, 0) is 10.0 Å². The number of ether oxygens (including phenoxy) is 1. The van der Waals surface area contributed by atoms with E-state index < -0.39 is 33.1 Å². The number of hydrogen-bond donors (Lipinski definition) is 1. The summed E-state index contributed by atoms with van der Waals surface area (Å²) in [7, 11) is -3.94. The molecule has 0 bridgehead atoms. The Bertz CT molecular complexity index is 1300. The second kappa shape index (κ2) is 8.78. The number of nitrogens with one attached hydrogen (secondary N) is 1. The second-order valence-corrected chi connectivity index (χ2v) is 9.13. The SMILES string of the molecule is Cc1ccc(Cl)cc1Oc1ncc(-c2cc(F)c(C(=O)NS(C)(=O)=O)cc2F)cc1Cl. The molecule has 0 aliphatic carbocycles. The van der Waals surface area contributed by atoms with Crippen molar-refractivity contribution in [2.24, 2.45) is 0 Å². The first-order valence-corrected chi connectivity index (χ1v) is 11.2. The highest BCUT2D eigenvalue weighted by atomic mass is 35.5. The molecule has 0 unspecified atom stereocenters. The second-order valence-electron chi connectivity index (χ2n) is 6.54. The number of nitrogens with zero attached hydrogens (tertiary/aromatic N) is 1. The van der Waals surface area contributed by atoms with Crippen LogP contribution in [0.25, 0.3) is 11.1 Å². The molecule has 0 aliphatic heterocycles. The molecule has 1 aromatic heterocycles. The topological polar surface area (TPSA) is 85.4 Å². The first-order valence-electron chi connectivity index (χ1n) is 8.55. The van der Waals surface area contributed by atoms with Gasteiger partial charge in [-0.25, -0.2) is 26.9 Å². The van der Waals surface area contributed by atoms with Crippen molar-refractivity contribution in [3.05, 3.63) is 75.4 Å². The summed E-state index contributed by atoms with van der Waals surface area (Å²) in [6.45, 7) is 1.80. The minimum absolute atomic E-state index is 0.0237. The van der Waals surface area contributed by atoms with Crippen LogP contribution in [0.5, 0.6) is 11.6 Å². The van der Waals surface area contributed by atoms with Gasteiger partial charge in [0.15, 0.2) is 0 Å². The summed E-state index contributed by atoms with van der Waals surface area (Å²) in [4.78, 5) is 15.9. The maximum atomic E-state index is 14.6. The normalized spacial score (nSPS) is 11.3. The van der Waals surface area contributed by atoms with Gasteiger partial charge in [0.05, 0.1) is 11.8 Å². The lowest BCUT2D eigenvalue weighted by atomic mass is 10.0. The van der Waals surface area contributed by atoms with Crippen LogP contribution in [0.2, 0.25) is 10.0 Å². The molecule has 0 atom stereocenters. The van der Waals surface area contributed by atoms with E-state index >= 15 is 0 Å². The van der Waals surface area contributed by atoms with Crippen molar-refractivity contribution < 1.29 is 26.7 Å². The fraction of sp³-hybridized carbons (Fsp3) is 0.100. The highest BCUT2D eigenvalue weighted by Gasteiger charge is 2.20. The minimum Gasteiger partial charge on any atom is -0.437 e. The fourth-order valence-electron chi connectivity index (χ4n) is 2.60. The van der Waals surface area contributed by atoms with E-state index in [-0.39, 0.29) is 22.0 Å². The number of pyridine rings is 1. The Kier molecular flexibility index (Phi) is 6.49. The molecule has 2 aromatic carbocycles. The minimum atomic E-state index is -3.94. The molecule has 0 saturated heterocycles. The van der Waals surface area contributed by atoms with Crippen LogP contribution in [-0.4, -0.2) is 25.6 Å². The Morgan fingerprint density at radius 1 is 1.10 bits per heavy atom. The lowest BCUT2D eigenvalue weighted by Gasteiger charge is -2.12. The molecule has 1 heterocycles. The molecule has 162 valence electrons. The van der Waals surface area contributed by atoms with Crippen molar-refractivity contribution >= 4 is 39.1 Å². The van der Waals surface area contributed by atoms with E-state index in [1.165, 1.54) is 12.3 Å². The summed E-state index contributed by atoms with van der Waals surface area (Å²) in [6.07, 6.45) is 1.94. The molecule has 0 spiro atoms. The van der Waals surface area contributed by atoms with Crippen LogP contribution in [0.3, 0.4) is 0 Å². The van der Waals surface area contributed by atoms with E-state index in [1.54, 1.807) is 29.8 Å². The van der Waals surface area contributed by atoms with E-state index in [4.69, 9.17) is 27.9 Å². The molecule has 31 heavy (non-hydrogen) atoms. The average molecular weight is 487 g/mol. The first kappa shape index (κ1) is 22.9. The molecular weight excluding hydrogens is 473 g/mol. The van der Waals surface area contributed by atoms with E-state index in [1.807, 2.05) is 0 Å². The number of carbonyl (C=O) groups excluding carboxylic acids is 1. The van der Waals surface area contributed by atoms with Gasteiger partial charge in [0.1, 0.15) is 22.4 Å². The third-order valence-electron chi connectivity index (χ3n) is 4.05. The summed E-state index contributed by atoms with van der Waals surface area (Å²) in [5.41, 5.74) is -0.0931. The molecule has 1 amide bonds. The number of carbonyl (C=O) groups is 1. The van der Waals surface area contributed by atoms with Gasteiger partial charge in [-0.1, -0.05) is 29.3 Å². The number of sulfonamides is 1. The summed E-state index contributed by atoms with van der Waals surface area (Å²) >= 11 is 12.2. The number of benzene rings is 2. The smallest absolute Gasteiger partial charge is 0.267 e. The molecule has 6 nitrogen and oxygen atoms in total. The molecule has 3 rings (SSSR count). The van der Waals surface area contributed by atoms with Gasteiger partial charge in [-0.2, -0.15) is 0 Å². The number of hydrogen-bond acceptors (Lipinski definition) is 5. The van der Waals surface area contributed by atoms with Gasteiger partial charge in [-0.15, -0.1) is 0 Å². The number of aryl methyl sites for hydroxylation is 1. The van der Waals surface area contributed by atoms with E-state index in [0.717, 1.165) is 17.9 Å². The zero-order valence-electron chi connectivity index (χ0n) is 16.0. The summed E-state index contributed by atoms with van der Waals surface area (Å²) < 4.78 is 58.5. The molecular formula is C20H14Cl2F2N2O4S. The molecule has 11 heteroatoms. The van der Waals surface area contributed by atoms with Crippen molar-refractivity contribution in [3.8, 4) is 22.8 Å². The van der Waals surface area contributed by atoms with E-state index in [0.29, 0.717) is 16.8 Å². The predicted octanol–water partition coefficient (Wildman–Crippen LogP) is 5.12. The quantitative estimate of drug-likeness (QED) is 0.540. The summed E-state index contributed by atoms with van der Waals surface area (Å²) in [5, 5.41) is 0.474.